The van der Waals surface area contributed by atoms with Crippen LogP contribution in [0.15, 0.2) is 51.7 Å². The van der Waals surface area contributed by atoms with Crippen molar-refractivity contribution in [2.75, 3.05) is 5.32 Å². The molecule has 1 heterocycles. The Balaban J connectivity index is 1.94. The van der Waals surface area contributed by atoms with Crippen LogP contribution in [0.5, 0.6) is 0 Å². The van der Waals surface area contributed by atoms with Crippen molar-refractivity contribution in [3.05, 3.63) is 74.6 Å². The summed E-state index contributed by atoms with van der Waals surface area (Å²) in [7, 11) is 0. The lowest BCUT2D eigenvalue weighted by Gasteiger charge is -2.07. The zero-order valence-electron chi connectivity index (χ0n) is 13.4. The number of rotatable bonds is 3. The first-order chi connectivity index (χ1) is 11.5. The van der Waals surface area contributed by atoms with Gasteiger partial charge in [0, 0.05) is 16.8 Å². The minimum absolute atomic E-state index is 0.0335. The van der Waals surface area contributed by atoms with Gasteiger partial charge in [-0.3, -0.25) is 9.59 Å². The molecule has 4 nitrogen and oxygen atoms in total. The van der Waals surface area contributed by atoms with E-state index in [4.69, 9.17) is 16.0 Å². The summed E-state index contributed by atoms with van der Waals surface area (Å²) in [6.45, 7) is 3.87. The second-order valence-electron chi connectivity index (χ2n) is 5.58. The van der Waals surface area contributed by atoms with Crippen molar-refractivity contribution in [1.29, 1.82) is 0 Å². The molecule has 0 aliphatic rings. The molecule has 0 saturated heterocycles. The number of hydrogen-bond acceptors (Lipinski definition) is 3. The Morgan fingerprint density at radius 1 is 1.17 bits per heavy atom. The number of benzene rings is 2. The molecule has 122 valence electrons. The molecule has 0 bridgehead atoms. The summed E-state index contributed by atoms with van der Waals surface area (Å²) in [5.41, 5.74) is 2.64. The first-order valence-corrected chi connectivity index (χ1v) is 8.00. The summed E-state index contributed by atoms with van der Waals surface area (Å²) in [6.07, 6.45) is 0.926. The van der Waals surface area contributed by atoms with Crippen LogP contribution in [0.4, 0.5) is 5.69 Å². The van der Waals surface area contributed by atoms with E-state index >= 15 is 0 Å². The highest BCUT2D eigenvalue weighted by Gasteiger charge is 2.14. The highest BCUT2D eigenvalue weighted by Crippen LogP contribution is 2.22. The van der Waals surface area contributed by atoms with Crippen LogP contribution in [-0.2, 0) is 6.42 Å². The normalized spacial score (nSPS) is 10.8. The quantitative estimate of drug-likeness (QED) is 0.759. The molecule has 1 amide bonds. The lowest BCUT2D eigenvalue weighted by atomic mass is 10.1. The highest BCUT2D eigenvalue weighted by molar-refractivity contribution is 6.32. The molecular weight excluding hydrogens is 326 g/mol. The molecule has 0 atom stereocenters. The number of anilines is 1. The van der Waals surface area contributed by atoms with E-state index in [1.807, 2.05) is 31.2 Å². The van der Waals surface area contributed by atoms with Gasteiger partial charge in [0.25, 0.3) is 5.91 Å². The first-order valence-electron chi connectivity index (χ1n) is 7.62. The average Bonchev–Trinajstić information content (AvgIpc) is 2.57. The summed E-state index contributed by atoms with van der Waals surface area (Å²) in [4.78, 5) is 24.6. The van der Waals surface area contributed by atoms with E-state index in [1.165, 1.54) is 11.6 Å². The molecule has 0 aliphatic carbocycles. The topological polar surface area (TPSA) is 59.3 Å². The second kappa shape index (κ2) is 6.49. The molecule has 0 spiro atoms. The van der Waals surface area contributed by atoms with Gasteiger partial charge >= 0.3 is 0 Å². The maximum Gasteiger partial charge on any atom is 0.291 e. The lowest BCUT2D eigenvalue weighted by Crippen LogP contribution is -2.15. The third-order valence-electron chi connectivity index (χ3n) is 3.85. The summed E-state index contributed by atoms with van der Waals surface area (Å²) >= 11 is 6.03. The number of halogens is 1. The van der Waals surface area contributed by atoms with E-state index in [0.717, 1.165) is 12.0 Å². The molecule has 0 aliphatic heterocycles. The predicted octanol–water partition coefficient (Wildman–Crippen LogP) is 4.57. The second-order valence-corrected chi connectivity index (χ2v) is 5.98. The Morgan fingerprint density at radius 2 is 1.88 bits per heavy atom. The van der Waals surface area contributed by atoms with Crippen LogP contribution in [-0.4, -0.2) is 5.91 Å². The monoisotopic (exact) mass is 341 g/mol. The van der Waals surface area contributed by atoms with Crippen LogP contribution >= 0.6 is 11.6 Å². The zero-order chi connectivity index (χ0) is 17.3. The smallest absolute Gasteiger partial charge is 0.291 e. The van der Waals surface area contributed by atoms with E-state index in [-0.39, 0.29) is 11.2 Å². The van der Waals surface area contributed by atoms with Crippen LogP contribution in [0.25, 0.3) is 11.0 Å². The predicted molar refractivity (Wildman–Crippen MR) is 96.0 cm³/mol. The fourth-order valence-corrected chi connectivity index (χ4v) is 2.57. The van der Waals surface area contributed by atoms with Gasteiger partial charge in [-0.2, -0.15) is 0 Å². The van der Waals surface area contributed by atoms with Crippen molar-refractivity contribution in [2.24, 2.45) is 0 Å². The molecule has 5 heteroatoms. The van der Waals surface area contributed by atoms with Crippen molar-refractivity contribution >= 4 is 34.2 Å². The van der Waals surface area contributed by atoms with Crippen molar-refractivity contribution in [1.82, 2.24) is 0 Å². The van der Waals surface area contributed by atoms with E-state index in [0.29, 0.717) is 21.7 Å². The number of amides is 1. The fourth-order valence-electron chi connectivity index (χ4n) is 2.41. The molecule has 0 unspecified atom stereocenters. The molecule has 24 heavy (non-hydrogen) atoms. The number of hydrogen-bond donors (Lipinski definition) is 1. The van der Waals surface area contributed by atoms with E-state index in [1.54, 1.807) is 12.1 Å². The van der Waals surface area contributed by atoms with Crippen molar-refractivity contribution in [3.8, 4) is 0 Å². The average molecular weight is 342 g/mol. The van der Waals surface area contributed by atoms with Crippen LogP contribution in [0.2, 0.25) is 5.02 Å². The van der Waals surface area contributed by atoms with Gasteiger partial charge in [-0.15, -0.1) is 0 Å². The van der Waals surface area contributed by atoms with E-state index < -0.39 is 5.91 Å². The van der Waals surface area contributed by atoms with Crippen molar-refractivity contribution in [2.45, 2.75) is 20.3 Å². The Hall–Kier alpha value is -2.59. The standard InChI is InChI=1S/C19H16ClNO3/c1-3-12-4-6-13(7-5-12)21-19(23)18-10-16(22)14-9-15(20)11(2)8-17(14)24-18/h4-10H,3H2,1-2H3,(H,21,23). The third kappa shape index (κ3) is 3.19. The van der Waals surface area contributed by atoms with Crippen LogP contribution in [0, 0.1) is 6.92 Å². The zero-order valence-corrected chi connectivity index (χ0v) is 14.1. The Labute approximate surface area is 144 Å². The minimum Gasteiger partial charge on any atom is -0.451 e. The van der Waals surface area contributed by atoms with Crippen LogP contribution < -0.4 is 10.7 Å². The molecule has 0 saturated carbocycles. The Bertz CT molecular complexity index is 974. The van der Waals surface area contributed by atoms with E-state index in [9.17, 15) is 9.59 Å². The molecule has 0 fully saturated rings. The van der Waals surface area contributed by atoms with Gasteiger partial charge in [-0.1, -0.05) is 30.7 Å². The number of nitrogens with one attached hydrogen (secondary N) is 1. The lowest BCUT2D eigenvalue weighted by molar-refractivity contribution is 0.0997. The number of fused-ring (bicyclic) bond motifs is 1. The van der Waals surface area contributed by atoms with Gasteiger partial charge in [0.05, 0.1) is 5.39 Å². The van der Waals surface area contributed by atoms with Crippen molar-refractivity contribution in [3.63, 3.8) is 0 Å². The van der Waals surface area contributed by atoms with E-state index in [2.05, 4.69) is 12.2 Å². The van der Waals surface area contributed by atoms with Gasteiger partial charge in [0.2, 0.25) is 0 Å². The minimum atomic E-state index is -0.467. The third-order valence-corrected chi connectivity index (χ3v) is 4.26. The molecule has 1 N–H and O–H groups in total. The Kier molecular flexibility index (Phi) is 4.40. The SMILES string of the molecule is CCc1ccc(NC(=O)c2cc(=O)c3cc(Cl)c(C)cc3o2)cc1. The van der Waals surface area contributed by atoms with Gasteiger partial charge in [0.15, 0.2) is 11.2 Å². The molecule has 1 aromatic heterocycles. The van der Waals surface area contributed by atoms with Gasteiger partial charge < -0.3 is 9.73 Å². The highest BCUT2D eigenvalue weighted by atomic mass is 35.5. The summed E-state index contributed by atoms with van der Waals surface area (Å²) in [6, 6.07) is 11.9. The largest absolute Gasteiger partial charge is 0.451 e. The van der Waals surface area contributed by atoms with Gasteiger partial charge in [-0.05, 0) is 48.7 Å². The molecule has 0 radical (unpaired) electrons. The number of carbonyl (C=O) groups excluding carboxylic acids is 1. The summed E-state index contributed by atoms with van der Waals surface area (Å²) in [5, 5.41) is 3.57. The maximum absolute atomic E-state index is 12.3. The van der Waals surface area contributed by atoms with Crippen molar-refractivity contribution < 1.29 is 9.21 Å². The maximum atomic E-state index is 12.3. The number of carbonyl (C=O) groups is 1. The fraction of sp³-hybridized carbons (Fsp3) is 0.158. The molecule has 3 rings (SSSR count). The van der Waals surface area contributed by atoms with Gasteiger partial charge in [0.1, 0.15) is 5.58 Å². The Morgan fingerprint density at radius 3 is 2.54 bits per heavy atom. The summed E-state index contributed by atoms with van der Waals surface area (Å²) < 4.78 is 5.59. The van der Waals surface area contributed by atoms with Gasteiger partial charge in [-0.25, -0.2) is 0 Å². The summed E-state index contributed by atoms with van der Waals surface area (Å²) in [5.74, 6) is -0.500. The van der Waals surface area contributed by atoms with Crippen LogP contribution in [0.1, 0.15) is 28.6 Å². The molecule has 2 aromatic carbocycles. The number of aryl methyl sites for hydroxylation is 2. The van der Waals surface area contributed by atoms with Crippen LogP contribution in [0.3, 0.4) is 0 Å². The molecule has 3 aromatic rings. The first kappa shape index (κ1) is 16.3. The molecular formula is C19H16ClNO3.